The SMILES string of the molecule is CC(C)C(CN=C(N)N)Nc1ccccc1.I. The van der Waals surface area contributed by atoms with E-state index in [2.05, 4.69) is 24.2 Å². The Kier molecular flexibility index (Phi) is 7.69. The van der Waals surface area contributed by atoms with Crippen molar-refractivity contribution in [1.82, 2.24) is 0 Å². The summed E-state index contributed by atoms with van der Waals surface area (Å²) < 4.78 is 0. The van der Waals surface area contributed by atoms with Crippen molar-refractivity contribution in [2.75, 3.05) is 11.9 Å². The lowest BCUT2D eigenvalue weighted by molar-refractivity contribution is 0.532. The van der Waals surface area contributed by atoms with Crippen molar-refractivity contribution in [3.63, 3.8) is 0 Å². The lowest BCUT2D eigenvalue weighted by atomic mass is 10.0. The Balaban J connectivity index is 0.00000256. The molecule has 0 spiro atoms. The lowest BCUT2D eigenvalue weighted by Gasteiger charge is -2.21. The smallest absolute Gasteiger partial charge is 0.185 e. The Morgan fingerprint density at radius 3 is 2.29 bits per heavy atom. The predicted molar refractivity (Wildman–Crippen MR) is 84.8 cm³/mol. The molecule has 0 bridgehead atoms. The minimum absolute atomic E-state index is 0. The zero-order chi connectivity index (χ0) is 12.0. The van der Waals surface area contributed by atoms with Gasteiger partial charge in [-0.15, -0.1) is 24.0 Å². The molecule has 1 unspecified atom stereocenters. The lowest BCUT2D eigenvalue weighted by Crippen LogP contribution is -2.31. The number of rotatable bonds is 5. The minimum Gasteiger partial charge on any atom is -0.380 e. The molecule has 0 saturated heterocycles. The first-order valence-corrected chi connectivity index (χ1v) is 5.46. The van der Waals surface area contributed by atoms with E-state index in [0.717, 1.165) is 5.69 Å². The number of aliphatic imine (C=N–C) groups is 1. The molecule has 0 aliphatic rings. The maximum absolute atomic E-state index is 5.33. The molecule has 4 nitrogen and oxygen atoms in total. The van der Waals surface area contributed by atoms with Gasteiger partial charge in [0.2, 0.25) is 0 Å². The summed E-state index contributed by atoms with van der Waals surface area (Å²) in [6.45, 7) is 4.88. The van der Waals surface area contributed by atoms with Gasteiger partial charge in [-0.3, -0.25) is 4.99 Å². The molecule has 1 aromatic rings. The highest BCUT2D eigenvalue weighted by molar-refractivity contribution is 14.0. The first-order chi connectivity index (χ1) is 7.59. The number of para-hydroxylation sites is 1. The second kappa shape index (κ2) is 8.16. The van der Waals surface area contributed by atoms with Gasteiger partial charge in [0.15, 0.2) is 5.96 Å². The maximum atomic E-state index is 5.33. The summed E-state index contributed by atoms with van der Waals surface area (Å²) in [5.41, 5.74) is 11.8. The van der Waals surface area contributed by atoms with Crippen LogP contribution in [0, 0.1) is 5.92 Å². The van der Waals surface area contributed by atoms with Crippen LogP contribution in [0.4, 0.5) is 5.69 Å². The van der Waals surface area contributed by atoms with Gasteiger partial charge in [-0.2, -0.15) is 0 Å². The number of benzene rings is 1. The van der Waals surface area contributed by atoms with Gasteiger partial charge in [0.25, 0.3) is 0 Å². The quantitative estimate of drug-likeness (QED) is 0.433. The number of hydrogen-bond donors (Lipinski definition) is 3. The summed E-state index contributed by atoms with van der Waals surface area (Å²) in [7, 11) is 0. The fourth-order valence-corrected chi connectivity index (χ4v) is 1.38. The van der Waals surface area contributed by atoms with Gasteiger partial charge in [0, 0.05) is 11.7 Å². The number of guanidine groups is 1. The van der Waals surface area contributed by atoms with E-state index in [1.807, 2.05) is 30.3 Å². The fraction of sp³-hybridized carbons (Fsp3) is 0.417. The average molecular weight is 348 g/mol. The van der Waals surface area contributed by atoms with Crippen molar-refractivity contribution >= 4 is 35.6 Å². The molecule has 0 saturated carbocycles. The second-order valence-corrected chi connectivity index (χ2v) is 4.13. The van der Waals surface area contributed by atoms with Crippen molar-refractivity contribution in [3.05, 3.63) is 30.3 Å². The zero-order valence-electron chi connectivity index (χ0n) is 10.3. The monoisotopic (exact) mass is 348 g/mol. The molecule has 96 valence electrons. The summed E-state index contributed by atoms with van der Waals surface area (Å²) in [6, 6.07) is 10.3. The van der Waals surface area contributed by atoms with Gasteiger partial charge in [-0.25, -0.2) is 0 Å². The molecular weight excluding hydrogens is 327 g/mol. The molecule has 0 heterocycles. The Hall–Kier alpha value is -0.980. The molecule has 0 radical (unpaired) electrons. The summed E-state index contributed by atoms with van der Waals surface area (Å²) in [4.78, 5) is 4.05. The topological polar surface area (TPSA) is 76.4 Å². The largest absolute Gasteiger partial charge is 0.380 e. The molecule has 1 aromatic carbocycles. The molecule has 0 aromatic heterocycles. The second-order valence-electron chi connectivity index (χ2n) is 4.13. The van der Waals surface area contributed by atoms with E-state index in [1.54, 1.807) is 0 Å². The standard InChI is InChI=1S/C12H20N4.HI/c1-9(2)11(8-15-12(13)14)16-10-6-4-3-5-7-10;/h3-7,9,11,16H,8H2,1-2H3,(H4,13,14,15);1H. The van der Waals surface area contributed by atoms with E-state index in [1.165, 1.54) is 0 Å². The average Bonchev–Trinajstić information content (AvgIpc) is 2.25. The van der Waals surface area contributed by atoms with E-state index in [9.17, 15) is 0 Å². The van der Waals surface area contributed by atoms with Crippen LogP contribution in [0.5, 0.6) is 0 Å². The fourth-order valence-electron chi connectivity index (χ4n) is 1.38. The van der Waals surface area contributed by atoms with Crippen LogP contribution in [0.3, 0.4) is 0 Å². The van der Waals surface area contributed by atoms with Crippen molar-refractivity contribution in [2.24, 2.45) is 22.4 Å². The third-order valence-corrected chi connectivity index (χ3v) is 2.40. The molecule has 0 aliphatic carbocycles. The number of hydrogen-bond acceptors (Lipinski definition) is 2. The van der Waals surface area contributed by atoms with Gasteiger partial charge in [0.1, 0.15) is 0 Å². The Labute approximate surface area is 120 Å². The van der Waals surface area contributed by atoms with E-state index in [4.69, 9.17) is 11.5 Å². The van der Waals surface area contributed by atoms with Crippen molar-refractivity contribution < 1.29 is 0 Å². The van der Waals surface area contributed by atoms with E-state index >= 15 is 0 Å². The van der Waals surface area contributed by atoms with Crippen LogP contribution in [-0.4, -0.2) is 18.5 Å². The number of anilines is 1. The van der Waals surface area contributed by atoms with Crippen molar-refractivity contribution in [2.45, 2.75) is 19.9 Å². The third kappa shape index (κ3) is 6.35. The van der Waals surface area contributed by atoms with Gasteiger partial charge in [-0.05, 0) is 18.1 Å². The first-order valence-electron chi connectivity index (χ1n) is 5.46. The van der Waals surface area contributed by atoms with E-state index in [0.29, 0.717) is 12.5 Å². The number of halogens is 1. The molecule has 5 heteroatoms. The van der Waals surface area contributed by atoms with Gasteiger partial charge < -0.3 is 16.8 Å². The number of nitrogens with two attached hydrogens (primary N) is 2. The molecule has 0 aliphatic heterocycles. The van der Waals surface area contributed by atoms with Crippen LogP contribution < -0.4 is 16.8 Å². The summed E-state index contributed by atoms with van der Waals surface area (Å²) >= 11 is 0. The van der Waals surface area contributed by atoms with Crippen LogP contribution >= 0.6 is 24.0 Å². The highest BCUT2D eigenvalue weighted by atomic mass is 127. The van der Waals surface area contributed by atoms with Crippen LogP contribution in [0.25, 0.3) is 0 Å². The number of nitrogens with zero attached hydrogens (tertiary/aromatic N) is 1. The highest BCUT2D eigenvalue weighted by Gasteiger charge is 2.12. The molecule has 1 rings (SSSR count). The third-order valence-electron chi connectivity index (χ3n) is 2.40. The van der Waals surface area contributed by atoms with Gasteiger partial charge >= 0.3 is 0 Å². The zero-order valence-corrected chi connectivity index (χ0v) is 12.6. The van der Waals surface area contributed by atoms with E-state index in [-0.39, 0.29) is 36.0 Å². The van der Waals surface area contributed by atoms with Gasteiger partial charge in [-0.1, -0.05) is 32.0 Å². The maximum Gasteiger partial charge on any atom is 0.185 e. The number of nitrogens with one attached hydrogen (secondary N) is 1. The van der Waals surface area contributed by atoms with E-state index < -0.39 is 0 Å². The van der Waals surface area contributed by atoms with Crippen LogP contribution in [0.2, 0.25) is 0 Å². The van der Waals surface area contributed by atoms with Gasteiger partial charge in [0.05, 0.1) is 6.54 Å². The van der Waals surface area contributed by atoms with Crippen LogP contribution in [0.15, 0.2) is 35.3 Å². The minimum atomic E-state index is 0. The normalized spacial score (nSPS) is 11.5. The highest BCUT2D eigenvalue weighted by Crippen LogP contribution is 2.12. The van der Waals surface area contributed by atoms with Crippen molar-refractivity contribution in [3.8, 4) is 0 Å². The Morgan fingerprint density at radius 1 is 1.24 bits per heavy atom. The summed E-state index contributed by atoms with van der Waals surface area (Å²) in [5.74, 6) is 0.601. The molecule has 0 amide bonds. The van der Waals surface area contributed by atoms with Crippen LogP contribution in [-0.2, 0) is 0 Å². The molecule has 17 heavy (non-hydrogen) atoms. The molecule has 5 N–H and O–H groups in total. The molecule has 1 atom stereocenters. The Morgan fingerprint density at radius 2 is 1.82 bits per heavy atom. The van der Waals surface area contributed by atoms with Crippen molar-refractivity contribution in [1.29, 1.82) is 0 Å². The van der Waals surface area contributed by atoms with Crippen LogP contribution in [0.1, 0.15) is 13.8 Å². The summed E-state index contributed by atoms with van der Waals surface area (Å²) in [5, 5.41) is 3.42. The predicted octanol–water partition coefficient (Wildman–Crippen LogP) is 2.01. The first kappa shape index (κ1) is 16.0. The Bertz CT molecular complexity index is 334. The molecular formula is C12H21IN4. The summed E-state index contributed by atoms with van der Waals surface area (Å²) in [6.07, 6.45) is 0. The molecule has 0 fully saturated rings.